The van der Waals surface area contributed by atoms with Crippen LogP contribution >= 0.6 is 11.8 Å². The van der Waals surface area contributed by atoms with Crippen molar-refractivity contribution in [2.45, 2.75) is 18.1 Å². The number of benzene rings is 3. The summed E-state index contributed by atoms with van der Waals surface area (Å²) in [5, 5.41) is 12.3. The Morgan fingerprint density at radius 1 is 1.06 bits per heavy atom. The number of halogens is 1. The molecular weight excluding hydrogens is 455 g/mol. The maximum absolute atomic E-state index is 13.2. The van der Waals surface area contributed by atoms with Crippen molar-refractivity contribution in [1.82, 2.24) is 20.1 Å². The zero-order valence-electron chi connectivity index (χ0n) is 18.3. The van der Waals surface area contributed by atoms with E-state index in [1.54, 1.807) is 12.1 Å². The number of nitrogens with one attached hydrogen (secondary N) is 1. The Labute approximate surface area is 199 Å². The minimum Gasteiger partial charge on any atom is -0.454 e. The van der Waals surface area contributed by atoms with Gasteiger partial charge in [-0.25, -0.2) is 4.39 Å². The van der Waals surface area contributed by atoms with Crippen LogP contribution in [0.2, 0.25) is 0 Å². The zero-order chi connectivity index (χ0) is 23.5. The quantitative estimate of drug-likeness (QED) is 0.387. The van der Waals surface area contributed by atoms with Crippen molar-refractivity contribution in [3.63, 3.8) is 0 Å². The summed E-state index contributed by atoms with van der Waals surface area (Å²) in [6.45, 7) is 2.05. The number of fused-ring (bicyclic) bond motifs is 1. The van der Waals surface area contributed by atoms with Gasteiger partial charge >= 0.3 is 0 Å². The number of carbonyl (C=O) groups is 1. The molecule has 1 amide bonds. The molecule has 2 heterocycles. The van der Waals surface area contributed by atoms with Gasteiger partial charge in [-0.3, -0.25) is 9.36 Å². The Kier molecular flexibility index (Phi) is 6.18. The zero-order valence-corrected chi connectivity index (χ0v) is 19.1. The first kappa shape index (κ1) is 22.0. The van der Waals surface area contributed by atoms with Crippen molar-refractivity contribution in [3.05, 3.63) is 84.2 Å². The Morgan fingerprint density at radius 3 is 2.62 bits per heavy atom. The molecule has 3 aromatic carbocycles. The topological polar surface area (TPSA) is 78.3 Å². The lowest BCUT2D eigenvalue weighted by Crippen LogP contribution is -2.28. The minimum atomic E-state index is -0.309. The van der Waals surface area contributed by atoms with Crippen LogP contribution in [0.5, 0.6) is 11.5 Å². The van der Waals surface area contributed by atoms with Crippen LogP contribution in [0.1, 0.15) is 18.5 Å². The molecule has 5 rings (SSSR count). The monoisotopic (exact) mass is 476 g/mol. The van der Waals surface area contributed by atoms with Gasteiger partial charge in [0.25, 0.3) is 0 Å². The van der Waals surface area contributed by atoms with Crippen LogP contribution in [0.3, 0.4) is 0 Å². The van der Waals surface area contributed by atoms with Crippen molar-refractivity contribution >= 4 is 17.7 Å². The third-order valence-corrected chi connectivity index (χ3v) is 6.29. The molecule has 34 heavy (non-hydrogen) atoms. The normalized spacial score (nSPS) is 13.0. The van der Waals surface area contributed by atoms with Crippen molar-refractivity contribution in [2.24, 2.45) is 0 Å². The average molecular weight is 477 g/mol. The summed E-state index contributed by atoms with van der Waals surface area (Å²) in [7, 11) is 0. The molecule has 1 aromatic heterocycles. The number of rotatable bonds is 7. The van der Waals surface area contributed by atoms with E-state index in [1.165, 1.54) is 23.9 Å². The van der Waals surface area contributed by atoms with Crippen molar-refractivity contribution in [3.8, 4) is 28.6 Å². The number of nitrogens with zero attached hydrogens (tertiary/aromatic N) is 3. The summed E-state index contributed by atoms with van der Waals surface area (Å²) in [5.41, 5.74) is 2.53. The molecule has 0 saturated heterocycles. The molecule has 1 aliphatic rings. The van der Waals surface area contributed by atoms with E-state index in [-0.39, 0.29) is 30.3 Å². The van der Waals surface area contributed by atoms with Crippen molar-refractivity contribution < 1.29 is 18.7 Å². The fourth-order valence-electron chi connectivity index (χ4n) is 3.64. The van der Waals surface area contributed by atoms with Crippen molar-refractivity contribution in [1.29, 1.82) is 0 Å². The van der Waals surface area contributed by atoms with Crippen LogP contribution in [0.15, 0.2) is 78.0 Å². The predicted molar refractivity (Wildman–Crippen MR) is 127 cm³/mol. The maximum atomic E-state index is 13.2. The molecule has 0 spiro atoms. The van der Waals surface area contributed by atoms with E-state index in [4.69, 9.17) is 9.47 Å². The average Bonchev–Trinajstić information content (AvgIpc) is 3.50. The van der Waals surface area contributed by atoms with Gasteiger partial charge in [0.15, 0.2) is 22.5 Å². The lowest BCUT2D eigenvalue weighted by atomic mass is 10.1. The molecule has 1 atom stereocenters. The predicted octanol–water partition coefficient (Wildman–Crippen LogP) is 4.77. The summed E-state index contributed by atoms with van der Waals surface area (Å²) < 4.78 is 26.0. The third kappa shape index (κ3) is 4.60. The highest BCUT2D eigenvalue weighted by Gasteiger charge is 2.21. The van der Waals surface area contributed by atoms with Gasteiger partial charge in [-0.2, -0.15) is 0 Å². The van der Waals surface area contributed by atoms with Crippen molar-refractivity contribution in [2.75, 3.05) is 12.5 Å². The van der Waals surface area contributed by atoms with E-state index in [1.807, 2.05) is 60.0 Å². The largest absolute Gasteiger partial charge is 0.454 e. The van der Waals surface area contributed by atoms with Gasteiger partial charge in [-0.15, -0.1) is 10.2 Å². The second-order valence-corrected chi connectivity index (χ2v) is 8.62. The number of hydrogen-bond donors (Lipinski definition) is 1. The molecule has 172 valence electrons. The number of carbonyl (C=O) groups excluding carboxylic acids is 1. The first-order chi connectivity index (χ1) is 16.6. The van der Waals surface area contributed by atoms with Gasteiger partial charge < -0.3 is 14.8 Å². The van der Waals surface area contributed by atoms with E-state index < -0.39 is 0 Å². The van der Waals surface area contributed by atoms with Crippen LogP contribution in [-0.2, 0) is 4.79 Å². The summed E-state index contributed by atoms with van der Waals surface area (Å²) in [6, 6.07) is 21.2. The highest BCUT2D eigenvalue weighted by molar-refractivity contribution is 7.99. The fourth-order valence-corrected chi connectivity index (χ4v) is 4.41. The third-order valence-electron chi connectivity index (χ3n) is 5.36. The Hall–Kier alpha value is -3.85. The SMILES string of the molecule is C[C@H](NC(=O)CSc1nnc(-c2ccc3c(c2)OCO3)n1-c1ccccc1)c1ccc(F)cc1. The Morgan fingerprint density at radius 2 is 1.82 bits per heavy atom. The Bertz CT molecular complexity index is 1310. The second-order valence-electron chi connectivity index (χ2n) is 7.67. The highest BCUT2D eigenvalue weighted by atomic mass is 32.2. The van der Waals surface area contributed by atoms with Gasteiger partial charge in [0.05, 0.1) is 11.8 Å². The molecule has 9 heteroatoms. The molecule has 7 nitrogen and oxygen atoms in total. The molecule has 1 aliphatic heterocycles. The van der Waals surface area contributed by atoms with E-state index in [0.29, 0.717) is 22.5 Å². The van der Waals surface area contributed by atoms with E-state index in [0.717, 1.165) is 16.8 Å². The second kappa shape index (κ2) is 9.56. The molecule has 0 bridgehead atoms. The number of thioether (sulfide) groups is 1. The number of aromatic nitrogens is 3. The lowest BCUT2D eigenvalue weighted by Gasteiger charge is -2.14. The highest BCUT2D eigenvalue weighted by Crippen LogP contribution is 2.37. The first-order valence-corrected chi connectivity index (χ1v) is 11.7. The minimum absolute atomic E-state index is 0.150. The molecule has 0 fully saturated rings. The molecule has 4 aromatic rings. The lowest BCUT2D eigenvalue weighted by molar-refractivity contribution is -0.119. The molecule has 1 N–H and O–H groups in total. The molecule has 0 unspecified atom stereocenters. The van der Waals surface area contributed by atoms with Crippen LogP contribution < -0.4 is 14.8 Å². The number of ether oxygens (including phenoxy) is 2. The van der Waals surface area contributed by atoms with E-state index in [2.05, 4.69) is 15.5 Å². The maximum Gasteiger partial charge on any atom is 0.231 e. The van der Waals surface area contributed by atoms with Crippen LogP contribution in [-0.4, -0.2) is 33.2 Å². The number of hydrogen-bond acceptors (Lipinski definition) is 6. The van der Waals surface area contributed by atoms with Gasteiger partial charge in [0, 0.05) is 11.3 Å². The van der Waals surface area contributed by atoms with E-state index >= 15 is 0 Å². The van der Waals surface area contributed by atoms with E-state index in [9.17, 15) is 9.18 Å². The van der Waals surface area contributed by atoms with Gasteiger partial charge in [0.1, 0.15) is 5.82 Å². The van der Waals surface area contributed by atoms with Crippen LogP contribution in [0, 0.1) is 5.82 Å². The summed E-state index contributed by atoms with van der Waals surface area (Å²) in [4.78, 5) is 12.6. The Balaban J connectivity index is 1.36. The molecule has 0 radical (unpaired) electrons. The first-order valence-electron chi connectivity index (χ1n) is 10.7. The summed E-state index contributed by atoms with van der Waals surface area (Å²) in [5.74, 6) is 1.66. The smallest absolute Gasteiger partial charge is 0.231 e. The fraction of sp³-hybridized carbons (Fsp3) is 0.160. The standard InChI is InChI=1S/C25H21FN4O3S/c1-16(17-7-10-19(26)11-8-17)27-23(31)14-34-25-29-28-24(30(25)20-5-3-2-4-6-20)18-9-12-21-22(13-18)33-15-32-21/h2-13,16H,14-15H2,1H3,(H,27,31)/t16-/m0/s1. The van der Waals surface area contributed by atoms with Gasteiger partial charge in [-0.1, -0.05) is 42.1 Å². The van der Waals surface area contributed by atoms with Gasteiger partial charge in [0.2, 0.25) is 12.7 Å². The summed E-state index contributed by atoms with van der Waals surface area (Å²) in [6.07, 6.45) is 0. The number of para-hydroxylation sites is 1. The molecular formula is C25H21FN4O3S. The molecule has 0 saturated carbocycles. The summed E-state index contributed by atoms with van der Waals surface area (Å²) >= 11 is 1.29. The van der Waals surface area contributed by atoms with Gasteiger partial charge in [-0.05, 0) is 55.0 Å². The van der Waals surface area contributed by atoms with Crippen LogP contribution in [0.4, 0.5) is 4.39 Å². The van der Waals surface area contributed by atoms with Crippen LogP contribution in [0.25, 0.3) is 17.1 Å². The number of amides is 1. The molecule has 0 aliphatic carbocycles.